The molecule has 1 aliphatic rings. The van der Waals surface area contributed by atoms with E-state index in [4.69, 9.17) is 11.6 Å². The average Bonchev–Trinajstić information content (AvgIpc) is 2.75. The molecule has 2 aromatic rings. The molecule has 1 aliphatic heterocycles. The quantitative estimate of drug-likeness (QED) is 0.430. The molecular weight excluding hydrogens is 449 g/mol. The molecule has 1 aromatic carbocycles. The Balaban J connectivity index is 1.69. The van der Waals surface area contributed by atoms with Gasteiger partial charge in [0, 0.05) is 42.9 Å². The molecule has 2 heterocycles. The van der Waals surface area contributed by atoms with Crippen molar-refractivity contribution in [2.24, 2.45) is 0 Å². The number of carbonyl (C=O) groups excluding carboxylic acids is 1. The number of alkyl halides is 1. The van der Waals surface area contributed by atoms with E-state index in [0.717, 1.165) is 5.56 Å². The molecule has 3 rings (SSSR count). The number of nitrogens with one attached hydrogen (secondary N) is 1. The van der Waals surface area contributed by atoms with Gasteiger partial charge in [0.1, 0.15) is 48.7 Å². The minimum atomic E-state index is -1.55. The van der Waals surface area contributed by atoms with Crippen LogP contribution in [-0.2, 0) is 10.5 Å². The zero-order valence-corrected chi connectivity index (χ0v) is 21.9. The van der Waals surface area contributed by atoms with Gasteiger partial charge >= 0.3 is 0 Å². The Kier molecular flexibility index (Phi) is 7.46. The number of nitrogens with zero attached hydrogens (tertiary/aromatic N) is 3. The van der Waals surface area contributed by atoms with E-state index in [1.54, 1.807) is 4.90 Å². The third kappa shape index (κ3) is 5.59. The van der Waals surface area contributed by atoms with E-state index in [1.165, 1.54) is 18.2 Å². The van der Waals surface area contributed by atoms with E-state index in [2.05, 4.69) is 38.8 Å². The molecule has 0 aliphatic carbocycles. The van der Waals surface area contributed by atoms with Gasteiger partial charge in [-0.05, 0) is 35.4 Å². The molecule has 1 amide bonds. The third-order valence-corrected chi connectivity index (χ3v) is 7.21. The van der Waals surface area contributed by atoms with E-state index in [1.807, 2.05) is 43.8 Å². The second-order valence-electron chi connectivity index (χ2n) is 11.5. The second kappa shape index (κ2) is 9.42. The van der Waals surface area contributed by atoms with Crippen molar-refractivity contribution in [3.63, 3.8) is 0 Å². The van der Waals surface area contributed by atoms with E-state index in [9.17, 15) is 9.18 Å². The molecule has 1 N–H and O–H groups in total. The molecule has 1 saturated heterocycles. The van der Waals surface area contributed by atoms with E-state index in [-0.39, 0.29) is 42.1 Å². The van der Waals surface area contributed by atoms with E-state index < -0.39 is 22.0 Å². The highest BCUT2D eigenvalue weighted by Gasteiger charge is 2.50. The number of likely N-dealkylation sites (tertiary alicyclic amines) is 1. The van der Waals surface area contributed by atoms with Gasteiger partial charge in [0.2, 0.25) is 0 Å². The molecule has 1 fully saturated rings. The lowest BCUT2D eigenvalue weighted by Crippen LogP contribution is -2.61. The smallest absolute Gasteiger partial charge is 0.253 e. The normalized spacial score (nSPS) is 20.7. The number of aromatic nitrogens is 2. The van der Waals surface area contributed by atoms with Gasteiger partial charge in [-0.15, -0.1) is 0 Å². The first kappa shape index (κ1) is 26.9. The molecule has 15 heteroatoms. The Labute approximate surface area is 211 Å². The Morgan fingerprint density at radius 3 is 2.32 bits per heavy atom. The summed E-state index contributed by atoms with van der Waals surface area (Å²) >= 11 is 5.84. The van der Waals surface area contributed by atoms with Gasteiger partial charge in [0.15, 0.2) is 0 Å². The van der Waals surface area contributed by atoms with Gasteiger partial charge in [0.05, 0.1) is 28.6 Å². The fraction of sp³-hybridized carbons (Fsp3) is 0.421. The summed E-state index contributed by atoms with van der Waals surface area (Å²) < 4.78 is 29.7. The predicted octanol–water partition coefficient (Wildman–Crippen LogP) is -4.12. The highest BCUT2D eigenvalue weighted by atomic mass is 35.5. The van der Waals surface area contributed by atoms with Crippen LogP contribution in [0.25, 0.3) is 0 Å². The molecule has 1 aromatic heterocycles. The van der Waals surface area contributed by atoms with Gasteiger partial charge in [-0.2, -0.15) is 0 Å². The first-order chi connectivity index (χ1) is 15.6. The van der Waals surface area contributed by atoms with Crippen LogP contribution in [0.2, 0.25) is 10.2 Å². The molecule has 172 valence electrons. The number of hydrogen-bond acceptors (Lipinski definition) is 4. The summed E-state index contributed by atoms with van der Waals surface area (Å²) in [5.74, 6) is -0.258. The van der Waals surface area contributed by atoms with Crippen molar-refractivity contribution >= 4 is 72.4 Å². The Morgan fingerprint density at radius 1 is 1.18 bits per heavy atom. The van der Waals surface area contributed by atoms with Gasteiger partial charge in [-0.3, -0.25) is 4.79 Å². The zero-order valence-electron chi connectivity index (χ0n) is 21.1. The molecule has 0 radical (unpaired) electrons. The molecule has 1 atom stereocenters. The van der Waals surface area contributed by atoms with Crippen LogP contribution < -0.4 is 5.32 Å². The van der Waals surface area contributed by atoms with Crippen LogP contribution in [0.5, 0.6) is 0 Å². The first-order valence-electron chi connectivity index (χ1n) is 11.6. The van der Waals surface area contributed by atoms with Crippen LogP contribution in [0, 0.1) is 5.82 Å². The molecular formula is C19H28B7ClF2N4O. The van der Waals surface area contributed by atoms with Crippen molar-refractivity contribution in [1.82, 2.24) is 20.2 Å². The standard InChI is InChI=1S/C19H28B7ClF2N4O/c20-17(21)9-33(14(34)10-1-2-13(28)12(27)5-10)4-3-16(17,29)8-32-19(25,26)15-30-6-11(7-31-15)18(22,23)24/h1-2,5-7,32H,3-4,8-9,20-26H2. The molecule has 5 nitrogen and oxygen atoms in total. The fourth-order valence-electron chi connectivity index (χ4n) is 4.14. The van der Waals surface area contributed by atoms with Crippen LogP contribution in [0.3, 0.4) is 0 Å². The Bertz CT molecular complexity index is 1070. The number of halogens is 3. The highest BCUT2D eigenvalue weighted by molar-refractivity contribution is 6.58. The molecule has 0 bridgehead atoms. The topological polar surface area (TPSA) is 58.1 Å². The fourth-order valence-corrected chi connectivity index (χ4v) is 4.32. The highest BCUT2D eigenvalue weighted by Crippen LogP contribution is 2.43. The number of amides is 1. The SMILES string of the molecule is BC(B)(B)c1cnc(C(B)(B)NCC2(F)CCN(C(=O)c3ccc(F)c(Cl)c3)CC2(B)B)nc1. The first-order valence-corrected chi connectivity index (χ1v) is 11.9. The minimum Gasteiger partial charge on any atom is -0.339 e. The van der Waals surface area contributed by atoms with Crippen molar-refractivity contribution in [3.05, 3.63) is 58.4 Å². The van der Waals surface area contributed by atoms with Crippen molar-refractivity contribution in [3.8, 4) is 0 Å². The lowest BCUT2D eigenvalue weighted by molar-refractivity contribution is 0.0336. The molecule has 1 unspecified atom stereocenters. The van der Waals surface area contributed by atoms with Gasteiger partial charge < -0.3 is 10.2 Å². The Hall–Kier alpha value is -1.67. The van der Waals surface area contributed by atoms with Crippen LogP contribution >= 0.6 is 11.6 Å². The monoisotopic (exact) mass is 478 g/mol. The van der Waals surface area contributed by atoms with E-state index in [0.29, 0.717) is 11.4 Å². The summed E-state index contributed by atoms with van der Waals surface area (Å²) in [7, 11) is 13.8. The summed E-state index contributed by atoms with van der Waals surface area (Å²) in [5.41, 5.74) is -0.217. The largest absolute Gasteiger partial charge is 0.339 e. The van der Waals surface area contributed by atoms with Gasteiger partial charge in [-0.1, -0.05) is 16.7 Å². The maximum atomic E-state index is 16.3. The number of carbonyl (C=O) groups is 1. The lowest BCUT2D eigenvalue weighted by Gasteiger charge is -2.50. The number of benzene rings is 1. The number of piperidine rings is 1. The summed E-state index contributed by atoms with van der Waals surface area (Å²) in [6.07, 6.45) is 3.83. The van der Waals surface area contributed by atoms with Crippen molar-refractivity contribution < 1.29 is 13.6 Å². The van der Waals surface area contributed by atoms with E-state index >= 15 is 4.39 Å². The summed E-state index contributed by atoms with van der Waals surface area (Å²) in [5, 5.41) is 1.72. The summed E-state index contributed by atoms with van der Waals surface area (Å²) in [6, 6.07) is 3.90. The molecule has 0 spiro atoms. The van der Waals surface area contributed by atoms with Crippen LogP contribution in [0.1, 0.15) is 28.2 Å². The number of rotatable bonds is 6. The summed E-state index contributed by atoms with van der Waals surface area (Å²) in [4.78, 5) is 23.6. The maximum Gasteiger partial charge on any atom is 0.253 e. The maximum absolute atomic E-state index is 16.3. The molecule has 0 saturated carbocycles. The molecule has 34 heavy (non-hydrogen) atoms. The minimum absolute atomic E-state index is 0.0478. The predicted molar refractivity (Wildman–Crippen MR) is 152 cm³/mol. The Morgan fingerprint density at radius 2 is 1.79 bits per heavy atom. The van der Waals surface area contributed by atoms with Gasteiger partial charge in [-0.25, -0.2) is 18.7 Å². The van der Waals surface area contributed by atoms with Gasteiger partial charge in [0.25, 0.3) is 5.91 Å². The number of hydrogen-bond donors (Lipinski definition) is 1. The van der Waals surface area contributed by atoms with Crippen LogP contribution in [0.15, 0.2) is 30.6 Å². The lowest BCUT2D eigenvalue weighted by atomic mass is 9.40. The van der Waals surface area contributed by atoms with Crippen molar-refractivity contribution in [2.75, 3.05) is 19.6 Å². The van der Waals surface area contributed by atoms with Crippen molar-refractivity contribution in [1.29, 1.82) is 0 Å². The third-order valence-electron chi connectivity index (χ3n) is 6.92. The zero-order chi connectivity index (χ0) is 25.5. The second-order valence-corrected chi connectivity index (χ2v) is 11.9. The van der Waals surface area contributed by atoms with Crippen molar-refractivity contribution in [2.45, 2.75) is 27.8 Å². The van der Waals surface area contributed by atoms with Crippen LogP contribution in [-0.4, -0.2) is 101 Å². The average molecular weight is 478 g/mol. The summed E-state index contributed by atoms with van der Waals surface area (Å²) in [6.45, 7) is 0.588. The van der Waals surface area contributed by atoms with Crippen LogP contribution in [0.4, 0.5) is 8.78 Å².